The number of piperidine rings is 1. The largest absolute Gasteiger partial charge is 0.343 e. The van der Waals surface area contributed by atoms with Crippen molar-refractivity contribution in [2.75, 3.05) is 19.3 Å². The molecular formula is C21H23N5O4S. The third-order valence-electron chi connectivity index (χ3n) is 5.37. The van der Waals surface area contributed by atoms with Gasteiger partial charge in [0.1, 0.15) is 0 Å². The molecule has 0 aliphatic carbocycles. The van der Waals surface area contributed by atoms with Gasteiger partial charge in [0.2, 0.25) is 17.6 Å². The van der Waals surface area contributed by atoms with Crippen molar-refractivity contribution in [3.05, 3.63) is 54.4 Å². The molecule has 0 bridgehead atoms. The summed E-state index contributed by atoms with van der Waals surface area (Å²) in [5.41, 5.74) is 1.36. The Morgan fingerprint density at radius 3 is 2.68 bits per heavy atom. The molecule has 3 aromatic rings. The quantitative estimate of drug-likeness (QED) is 0.571. The molecule has 162 valence electrons. The summed E-state index contributed by atoms with van der Waals surface area (Å²) >= 11 is 0. The van der Waals surface area contributed by atoms with Gasteiger partial charge in [-0.15, -0.1) is 0 Å². The van der Waals surface area contributed by atoms with Crippen LogP contribution in [0.4, 0.5) is 0 Å². The molecule has 1 fully saturated rings. The van der Waals surface area contributed by atoms with Crippen molar-refractivity contribution < 1.29 is 17.7 Å². The van der Waals surface area contributed by atoms with Gasteiger partial charge in [-0.2, -0.15) is 4.98 Å². The van der Waals surface area contributed by atoms with Crippen LogP contribution in [-0.2, 0) is 21.1 Å². The highest BCUT2D eigenvalue weighted by atomic mass is 32.2. The summed E-state index contributed by atoms with van der Waals surface area (Å²) in [6.45, 7) is 1.13. The van der Waals surface area contributed by atoms with E-state index in [1.54, 1.807) is 41.7 Å². The normalized spacial score (nSPS) is 15.2. The lowest BCUT2D eigenvalue weighted by atomic mass is 9.92. The Morgan fingerprint density at radius 1 is 1.19 bits per heavy atom. The van der Waals surface area contributed by atoms with Crippen LogP contribution in [0.2, 0.25) is 0 Å². The van der Waals surface area contributed by atoms with E-state index in [1.165, 1.54) is 6.26 Å². The lowest BCUT2D eigenvalue weighted by Gasteiger charge is -2.32. The lowest BCUT2D eigenvalue weighted by Crippen LogP contribution is -2.38. The highest BCUT2D eigenvalue weighted by molar-refractivity contribution is 7.90. The van der Waals surface area contributed by atoms with Gasteiger partial charge in [-0.25, -0.2) is 8.42 Å². The van der Waals surface area contributed by atoms with Crippen molar-refractivity contribution in [3.8, 4) is 11.4 Å². The number of carbonyl (C=O) groups excluding carboxylic acids is 1. The molecule has 0 spiro atoms. The molecule has 0 radical (unpaired) electrons. The molecule has 3 aromatic heterocycles. The fourth-order valence-electron chi connectivity index (χ4n) is 3.77. The second kappa shape index (κ2) is 8.93. The monoisotopic (exact) mass is 441 g/mol. The van der Waals surface area contributed by atoms with E-state index in [9.17, 15) is 13.2 Å². The van der Waals surface area contributed by atoms with Gasteiger partial charge in [0.05, 0.1) is 10.6 Å². The van der Waals surface area contributed by atoms with Crippen LogP contribution >= 0.6 is 0 Å². The Bertz CT molecular complexity index is 1160. The molecule has 10 heteroatoms. The van der Waals surface area contributed by atoms with E-state index in [0.717, 1.165) is 5.56 Å². The number of aryl methyl sites for hydroxylation is 1. The summed E-state index contributed by atoms with van der Waals surface area (Å²) in [7, 11) is -3.34. The average molecular weight is 442 g/mol. The van der Waals surface area contributed by atoms with Gasteiger partial charge in [-0.1, -0.05) is 5.16 Å². The Hall–Kier alpha value is -3.14. The number of amides is 1. The van der Waals surface area contributed by atoms with Gasteiger partial charge < -0.3 is 9.42 Å². The molecule has 0 saturated carbocycles. The summed E-state index contributed by atoms with van der Waals surface area (Å²) < 4.78 is 29.4. The average Bonchev–Trinajstić information content (AvgIpc) is 3.27. The van der Waals surface area contributed by atoms with Gasteiger partial charge in [0, 0.05) is 62.3 Å². The zero-order valence-electron chi connectivity index (χ0n) is 17.1. The summed E-state index contributed by atoms with van der Waals surface area (Å²) in [4.78, 5) is 27.4. The van der Waals surface area contributed by atoms with Crippen LogP contribution in [0, 0.1) is 0 Å². The molecule has 4 heterocycles. The van der Waals surface area contributed by atoms with E-state index in [1.807, 2.05) is 6.07 Å². The van der Waals surface area contributed by atoms with Crippen molar-refractivity contribution >= 4 is 15.7 Å². The number of carbonyl (C=O) groups is 1. The Morgan fingerprint density at radius 2 is 1.97 bits per heavy atom. The van der Waals surface area contributed by atoms with E-state index < -0.39 is 9.84 Å². The molecule has 1 amide bonds. The molecule has 0 atom stereocenters. The first-order valence-electron chi connectivity index (χ1n) is 10.1. The van der Waals surface area contributed by atoms with E-state index in [2.05, 4.69) is 20.1 Å². The Kier molecular flexibility index (Phi) is 6.08. The van der Waals surface area contributed by atoms with Gasteiger partial charge in [0.15, 0.2) is 9.84 Å². The Labute approximate surface area is 180 Å². The SMILES string of the molecule is CS(=O)(=O)c1cccnc1C1CCN(C(=O)CCc2nc(-c3cccnc3)no2)CC1. The molecule has 9 nitrogen and oxygen atoms in total. The minimum absolute atomic E-state index is 0.0175. The fourth-order valence-corrected chi connectivity index (χ4v) is 4.69. The first-order chi connectivity index (χ1) is 14.9. The van der Waals surface area contributed by atoms with E-state index in [4.69, 9.17) is 4.52 Å². The van der Waals surface area contributed by atoms with Gasteiger partial charge >= 0.3 is 0 Å². The highest BCUT2D eigenvalue weighted by Crippen LogP contribution is 2.31. The molecule has 31 heavy (non-hydrogen) atoms. The number of aromatic nitrogens is 4. The fraction of sp³-hybridized carbons (Fsp3) is 0.381. The van der Waals surface area contributed by atoms with Crippen LogP contribution in [0.25, 0.3) is 11.4 Å². The van der Waals surface area contributed by atoms with E-state index in [0.29, 0.717) is 49.8 Å². The number of likely N-dealkylation sites (tertiary alicyclic amines) is 1. The van der Waals surface area contributed by atoms with Crippen molar-refractivity contribution in [2.45, 2.75) is 36.5 Å². The maximum absolute atomic E-state index is 12.6. The standard InChI is InChI=1S/C21H23N5O4S/c1-31(28,29)17-5-3-11-23-20(17)15-8-12-26(13-9-15)19(27)7-6-18-24-21(25-30-18)16-4-2-10-22-14-16/h2-5,10-11,14-15H,6-9,12-13H2,1H3. The minimum Gasteiger partial charge on any atom is -0.343 e. The van der Waals surface area contributed by atoms with Crippen LogP contribution in [0.3, 0.4) is 0 Å². The Balaban J connectivity index is 1.32. The third kappa shape index (κ3) is 4.96. The second-order valence-corrected chi connectivity index (χ2v) is 9.55. The number of hydrogen-bond acceptors (Lipinski definition) is 8. The van der Waals surface area contributed by atoms with Gasteiger partial charge in [-0.3, -0.25) is 14.8 Å². The van der Waals surface area contributed by atoms with Crippen molar-refractivity contribution in [2.24, 2.45) is 0 Å². The number of sulfone groups is 1. The number of pyridine rings is 2. The van der Waals surface area contributed by atoms with Crippen LogP contribution in [-0.4, -0.2) is 58.7 Å². The van der Waals surface area contributed by atoms with E-state index in [-0.39, 0.29) is 23.1 Å². The minimum atomic E-state index is -3.34. The number of rotatable bonds is 6. The number of nitrogens with zero attached hydrogens (tertiary/aromatic N) is 5. The van der Waals surface area contributed by atoms with Crippen LogP contribution < -0.4 is 0 Å². The number of hydrogen-bond donors (Lipinski definition) is 0. The van der Waals surface area contributed by atoms with Crippen LogP contribution in [0.1, 0.15) is 36.8 Å². The molecule has 0 N–H and O–H groups in total. The highest BCUT2D eigenvalue weighted by Gasteiger charge is 2.28. The maximum Gasteiger partial charge on any atom is 0.227 e. The van der Waals surface area contributed by atoms with Gasteiger partial charge in [0.25, 0.3) is 0 Å². The predicted octanol–water partition coefficient (Wildman–Crippen LogP) is 2.27. The molecular weight excluding hydrogens is 418 g/mol. The first kappa shape index (κ1) is 21.1. The first-order valence-corrected chi connectivity index (χ1v) is 12.0. The van der Waals surface area contributed by atoms with Crippen molar-refractivity contribution in [1.29, 1.82) is 0 Å². The lowest BCUT2D eigenvalue weighted by molar-refractivity contribution is -0.132. The summed E-state index contributed by atoms with van der Waals surface area (Å²) in [6.07, 6.45) is 8.13. The predicted molar refractivity (Wildman–Crippen MR) is 112 cm³/mol. The summed E-state index contributed by atoms with van der Waals surface area (Å²) in [5, 5.41) is 3.94. The second-order valence-electron chi connectivity index (χ2n) is 7.57. The maximum atomic E-state index is 12.6. The van der Waals surface area contributed by atoms with Gasteiger partial charge in [-0.05, 0) is 37.1 Å². The zero-order chi connectivity index (χ0) is 21.8. The molecule has 4 rings (SSSR count). The molecule has 0 aromatic carbocycles. The molecule has 1 aliphatic heterocycles. The van der Waals surface area contributed by atoms with E-state index >= 15 is 0 Å². The molecule has 1 saturated heterocycles. The van der Waals surface area contributed by atoms with Crippen molar-refractivity contribution in [3.63, 3.8) is 0 Å². The zero-order valence-corrected chi connectivity index (χ0v) is 18.0. The topological polar surface area (TPSA) is 119 Å². The molecule has 0 unspecified atom stereocenters. The molecule has 1 aliphatic rings. The smallest absolute Gasteiger partial charge is 0.227 e. The summed E-state index contributed by atoms with van der Waals surface area (Å²) in [5.74, 6) is 0.902. The third-order valence-corrected chi connectivity index (χ3v) is 6.52. The van der Waals surface area contributed by atoms with Crippen LogP contribution in [0.15, 0.2) is 52.3 Å². The van der Waals surface area contributed by atoms with Crippen LogP contribution in [0.5, 0.6) is 0 Å². The van der Waals surface area contributed by atoms with Crippen molar-refractivity contribution in [1.82, 2.24) is 25.0 Å². The summed E-state index contributed by atoms with van der Waals surface area (Å²) in [6, 6.07) is 6.87.